The van der Waals surface area contributed by atoms with Crippen molar-refractivity contribution < 1.29 is 28.6 Å². The smallest absolute Gasteiger partial charge is 0.306 e. The number of rotatable bonds is 49. The highest BCUT2D eigenvalue weighted by molar-refractivity contribution is 5.71. The first-order valence-electron chi connectivity index (χ1n) is 27.4. The van der Waals surface area contributed by atoms with Gasteiger partial charge in [-0.2, -0.15) is 0 Å². The van der Waals surface area contributed by atoms with E-state index in [4.69, 9.17) is 14.2 Å². The van der Waals surface area contributed by atoms with Crippen LogP contribution in [0.3, 0.4) is 0 Å². The predicted octanol–water partition coefficient (Wildman–Crippen LogP) is 18.2. The highest BCUT2D eigenvalue weighted by Crippen LogP contribution is 2.14. The summed E-state index contributed by atoms with van der Waals surface area (Å²) in [4.78, 5) is 38.0. The van der Waals surface area contributed by atoms with E-state index in [1.807, 2.05) is 0 Å². The van der Waals surface area contributed by atoms with Crippen LogP contribution in [0.15, 0.2) is 72.9 Å². The van der Waals surface area contributed by atoms with Gasteiger partial charge in [0.2, 0.25) is 0 Å². The second-order valence-corrected chi connectivity index (χ2v) is 18.1. The number of carbonyl (C=O) groups is 3. The molecular weight excluding hydrogens is 805 g/mol. The zero-order valence-electron chi connectivity index (χ0n) is 42.7. The van der Waals surface area contributed by atoms with E-state index in [0.29, 0.717) is 19.3 Å². The molecule has 0 amide bonds. The highest BCUT2D eigenvalue weighted by atomic mass is 16.6. The van der Waals surface area contributed by atoms with Gasteiger partial charge in [-0.25, -0.2) is 0 Å². The summed E-state index contributed by atoms with van der Waals surface area (Å²) in [5.74, 6) is -0.947. The van der Waals surface area contributed by atoms with Crippen LogP contribution in [0, 0.1) is 0 Å². The minimum Gasteiger partial charge on any atom is -0.462 e. The molecule has 0 radical (unpaired) electrons. The van der Waals surface area contributed by atoms with Gasteiger partial charge in [-0.15, -0.1) is 0 Å². The van der Waals surface area contributed by atoms with E-state index in [-0.39, 0.29) is 37.5 Å². The third-order valence-electron chi connectivity index (χ3n) is 11.7. The van der Waals surface area contributed by atoms with E-state index in [1.54, 1.807) is 0 Å². The first-order chi connectivity index (χ1) is 32.0. The Morgan fingerprint density at radius 2 is 0.600 bits per heavy atom. The van der Waals surface area contributed by atoms with Gasteiger partial charge in [-0.3, -0.25) is 14.4 Å². The number of ether oxygens (including phenoxy) is 3. The van der Waals surface area contributed by atoms with Crippen LogP contribution in [0.2, 0.25) is 0 Å². The lowest BCUT2D eigenvalue weighted by atomic mass is 10.1. The molecule has 0 aromatic heterocycles. The third kappa shape index (κ3) is 51.7. The standard InChI is InChI=1S/C59H102O6/c1-4-7-10-13-16-19-22-25-28-29-30-32-34-37-40-43-46-49-52-58(61)64-55-56(54-63-57(60)51-48-45-42-39-36-33-27-24-21-18-15-12-9-6-3)65-59(62)53-50-47-44-41-38-35-31-26-23-20-17-14-11-8-5-2/h8,11,17,20,24,26-29,31,38,41,56H,4-7,9-10,12-16,18-19,21-23,25,30,32-37,39-40,42-55H2,1-3H3/b11-8-,20-17-,27-24-,29-28-,31-26-,41-38-. The summed E-state index contributed by atoms with van der Waals surface area (Å²) in [6.45, 7) is 6.48. The normalized spacial score (nSPS) is 12.6. The van der Waals surface area contributed by atoms with Crippen LogP contribution in [-0.4, -0.2) is 37.2 Å². The van der Waals surface area contributed by atoms with Crippen molar-refractivity contribution in [3.8, 4) is 0 Å². The molecule has 6 heteroatoms. The molecule has 0 saturated heterocycles. The molecular formula is C59H102O6. The van der Waals surface area contributed by atoms with Crippen molar-refractivity contribution in [1.29, 1.82) is 0 Å². The van der Waals surface area contributed by atoms with Crippen LogP contribution < -0.4 is 0 Å². The molecule has 0 fully saturated rings. The maximum Gasteiger partial charge on any atom is 0.306 e. The van der Waals surface area contributed by atoms with Crippen molar-refractivity contribution in [2.45, 2.75) is 271 Å². The number of carbonyl (C=O) groups excluding carboxylic acids is 3. The summed E-state index contributed by atoms with van der Waals surface area (Å²) >= 11 is 0. The molecule has 0 spiro atoms. The van der Waals surface area contributed by atoms with Crippen molar-refractivity contribution in [2.75, 3.05) is 13.2 Å². The van der Waals surface area contributed by atoms with Crippen LogP contribution in [0.25, 0.3) is 0 Å². The maximum absolute atomic E-state index is 12.8. The largest absolute Gasteiger partial charge is 0.462 e. The number of hydrogen-bond donors (Lipinski definition) is 0. The molecule has 0 heterocycles. The van der Waals surface area contributed by atoms with Crippen molar-refractivity contribution in [3.05, 3.63) is 72.9 Å². The van der Waals surface area contributed by atoms with Gasteiger partial charge in [0.05, 0.1) is 0 Å². The Balaban J connectivity index is 4.44. The fourth-order valence-electron chi connectivity index (χ4n) is 7.54. The van der Waals surface area contributed by atoms with Crippen LogP contribution in [0.5, 0.6) is 0 Å². The number of esters is 3. The van der Waals surface area contributed by atoms with E-state index < -0.39 is 6.10 Å². The Hall–Kier alpha value is -3.15. The molecule has 65 heavy (non-hydrogen) atoms. The van der Waals surface area contributed by atoms with Gasteiger partial charge in [0.25, 0.3) is 0 Å². The fraction of sp³-hybridized carbons (Fsp3) is 0.746. The predicted molar refractivity (Wildman–Crippen MR) is 279 cm³/mol. The lowest BCUT2D eigenvalue weighted by molar-refractivity contribution is -0.167. The van der Waals surface area contributed by atoms with E-state index in [1.165, 1.54) is 135 Å². The summed E-state index contributed by atoms with van der Waals surface area (Å²) in [5.41, 5.74) is 0. The average molecular weight is 907 g/mol. The van der Waals surface area contributed by atoms with Crippen LogP contribution >= 0.6 is 0 Å². The molecule has 0 rings (SSSR count). The number of unbranched alkanes of at least 4 members (excludes halogenated alkanes) is 26. The summed E-state index contributed by atoms with van der Waals surface area (Å²) in [5, 5.41) is 0. The van der Waals surface area contributed by atoms with Gasteiger partial charge >= 0.3 is 17.9 Å². The van der Waals surface area contributed by atoms with E-state index in [9.17, 15) is 14.4 Å². The first kappa shape index (κ1) is 61.9. The minimum atomic E-state index is -0.802. The SMILES string of the molecule is CC/C=C\C/C=C\C/C=C\C/C=C\CCCCC(=O)OC(COC(=O)CCCCCCC/C=C\CCCCCCC)COC(=O)CCCCCCCCC/C=C\CCCCCCCCC. The van der Waals surface area contributed by atoms with Gasteiger partial charge in [0, 0.05) is 19.3 Å². The average Bonchev–Trinajstić information content (AvgIpc) is 3.30. The van der Waals surface area contributed by atoms with E-state index in [0.717, 1.165) is 83.5 Å². The summed E-state index contributed by atoms with van der Waals surface area (Å²) in [7, 11) is 0. The second kappa shape index (κ2) is 53.5. The fourth-order valence-corrected chi connectivity index (χ4v) is 7.54. The lowest BCUT2D eigenvalue weighted by Gasteiger charge is -2.18. The molecule has 1 atom stereocenters. The third-order valence-corrected chi connectivity index (χ3v) is 11.7. The van der Waals surface area contributed by atoms with Crippen molar-refractivity contribution in [3.63, 3.8) is 0 Å². The molecule has 0 aliphatic rings. The molecule has 0 bridgehead atoms. The summed E-state index contributed by atoms with van der Waals surface area (Å²) in [6, 6.07) is 0. The Morgan fingerprint density at radius 1 is 0.323 bits per heavy atom. The van der Waals surface area contributed by atoms with Crippen LogP contribution in [0.4, 0.5) is 0 Å². The maximum atomic E-state index is 12.8. The molecule has 0 aromatic rings. The molecule has 0 aliphatic heterocycles. The van der Waals surface area contributed by atoms with Gasteiger partial charge in [-0.1, -0.05) is 209 Å². The quantitative estimate of drug-likeness (QED) is 0.0262. The van der Waals surface area contributed by atoms with Crippen LogP contribution in [-0.2, 0) is 28.6 Å². The number of hydrogen-bond acceptors (Lipinski definition) is 6. The van der Waals surface area contributed by atoms with Gasteiger partial charge in [0.15, 0.2) is 6.10 Å². The lowest BCUT2D eigenvalue weighted by Crippen LogP contribution is -2.30. The second-order valence-electron chi connectivity index (χ2n) is 18.1. The Labute approximate surface area is 402 Å². The molecule has 0 N–H and O–H groups in total. The van der Waals surface area contributed by atoms with E-state index in [2.05, 4.69) is 93.7 Å². The zero-order chi connectivity index (χ0) is 47.2. The molecule has 374 valence electrons. The summed E-state index contributed by atoms with van der Waals surface area (Å²) < 4.78 is 16.8. The molecule has 0 aromatic carbocycles. The Bertz CT molecular complexity index is 1230. The van der Waals surface area contributed by atoms with Gasteiger partial charge < -0.3 is 14.2 Å². The monoisotopic (exact) mass is 907 g/mol. The molecule has 1 unspecified atom stereocenters. The molecule has 0 saturated carbocycles. The zero-order valence-corrected chi connectivity index (χ0v) is 42.7. The van der Waals surface area contributed by atoms with Gasteiger partial charge in [-0.05, 0) is 109 Å². The van der Waals surface area contributed by atoms with Crippen LogP contribution in [0.1, 0.15) is 265 Å². The van der Waals surface area contributed by atoms with Crippen molar-refractivity contribution in [1.82, 2.24) is 0 Å². The molecule has 0 aliphatic carbocycles. The Morgan fingerprint density at radius 3 is 0.985 bits per heavy atom. The summed E-state index contributed by atoms with van der Waals surface area (Å²) in [6.07, 6.45) is 67.5. The van der Waals surface area contributed by atoms with Crippen molar-refractivity contribution >= 4 is 17.9 Å². The first-order valence-corrected chi connectivity index (χ1v) is 27.4. The topological polar surface area (TPSA) is 78.9 Å². The minimum absolute atomic E-state index is 0.0966. The molecule has 6 nitrogen and oxygen atoms in total. The van der Waals surface area contributed by atoms with Gasteiger partial charge in [0.1, 0.15) is 13.2 Å². The highest BCUT2D eigenvalue weighted by Gasteiger charge is 2.19. The van der Waals surface area contributed by atoms with Crippen molar-refractivity contribution in [2.24, 2.45) is 0 Å². The Kier molecular flexibility index (Phi) is 50.9. The van der Waals surface area contributed by atoms with E-state index >= 15 is 0 Å². The number of allylic oxidation sites excluding steroid dienone is 12.